The highest BCUT2D eigenvalue weighted by molar-refractivity contribution is 7.80. The molecule has 1 N–H and O–H groups in total. The van der Waals surface area contributed by atoms with E-state index in [1.165, 1.54) is 22.5 Å². The minimum atomic E-state index is -0.00558. The van der Waals surface area contributed by atoms with E-state index in [4.69, 9.17) is 12.2 Å². The second-order valence-corrected chi connectivity index (χ2v) is 8.52. The van der Waals surface area contributed by atoms with Gasteiger partial charge in [0, 0.05) is 30.3 Å². The van der Waals surface area contributed by atoms with Crippen molar-refractivity contribution < 1.29 is 0 Å². The first-order chi connectivity index (χ1) is 13.9. The number of aryl methyl sites for hydroxylation is 1. The fraction of sp³-hybridized carbons (Fsp3) is 0.333. The van der Waals surface area contributed by atoms with Crippen LogP contribution in [0.3, 0.4) is 0 Å². The number of benzene rings is 1. The molecule has 1 fully saturated rings. The highest BCUT2D eigenvalue weighted by Crippen LogP contribution is 2.43. The Balaban J connectivity index is 1.84. The number of hydrogen-bond donors (Lipinski definition) is 1. The van der Waals surface area contributed by atoms with Gasteiger partial charge in [-0.25, -0.2) is 0 Å². The third-order valence-electron chi connectivity index (χ3n) is 6.07. The molecule has 3 aromatic rings. The lowest BCUT2D eigenvalue weighted by molar-refractivity contribution is 0.564. The molecule has 0 amide bonds. The van der Waals surface area contributed by atoms with Crippen LogP contribution in [0.15, 0.2) is 54.7 Å². The van der Waals surface area contributed by atoms with Gasteiger partial charge in [-0.1, -0.05) is 32.0 Å². The Labute approximate surface area is 178 Å². The lowest BCUT2D eigenvalue weighted by Crippen LogP contribution is -2.29. The molecule has 150 valence electrons. The largest absolute Gasteiger partial charge is 0.352 e. The molecule has 4 rings (SSSR count). The van der Waals surface area contributed by atoms with Crippen LogP contribution in [0.4, 0.5) is 5.69 Å². The molecule has 0 unspecified atom stereocenters. The monoisotopic (exact) mass is 404 g/mol. The van der Waals surface area contributed by atoms with Crippen LogP contribution in [0.5, 0.6) is 0 Å². The maximum absolute atomic E-state index is 5.82. The minimum absolute atomic E-state index is 0.00558. The van der Waals surface area contributed by atoms with Gasteiger partial charge >= 0.3 is 0 Å². The van der Waals surface area contributed by atoms with Crippen LogP contribution in [-0.2, 0) is 7.05 Å². The van der Waals surface area contributed by atoms with E-state index in [1.54, 1.807) is 0 Å². The smallest absolute Gasteiger partial charge is 0.174 e. The summed E-state index contributed by atoms with van der Waals surface area (Å²) in [7, 11) is 2.12. The van der Waals surface area contributed by atoms with E-state index in [2.05, 4.69) is 90.9 Å². The molecule has 29 heavy (non-hydrogen) atoms. The lowest BCUT2D eigenvalue weighted by atomic mass is 9.96. The van der Waals surface area contributed by atoms with Gasteiger partial charge in [0.1, 0.15) is 0 Å². The molecule has 2 atom stereocenters. The van der Waals surface area contributed by atoms with Crippen LogP contribution in [0, 0.1) is 13.8 Å². The number of anilines is 1. The Hall–Kier alpha value is -2.66. The second kappa shape index (κ2) is 7.64. The van der Waals surface area contributed by atoms with Gasteiger partial charge in [-0.15, -0.1) is 0 Å². The zero-order chi connectivity index (χ0) is 20.7. The van der Waals surface area contributed by atoms with Crippen LogP contribution in [0.1, 0.15) is 60.1 Å². The van der Waals surface area contributed by atoms with Crippen molar-refractivity contribution in [2.75, 3.05) is 4.90 Å². The summed E-state index contributed by atoms with van der Waals surface area (Å²) in [6, 6.07) is 17.2. The van der Waals surface area contributed by atoms with E-state index in [1.807, 2.05) is 18.3 Å². The van der Waals surface area contributed by atoms with Crippen LogP contribution in [0.25, 0.3) is 0 Å². The normalized spacial score (nSPS) is 19.1. The molecular formula is C24H28N4S. The fourth-order valence-corrected chi connectivity index (χ4v) is 4.50. The third-order valence-corrected chi connectivity index (χ3v) is 6.38. The van der Waals surface area contributed by atoms with E-state index < -0.39 is 0 Å². The number of nitrogens with one attached hydrogen (secondary N) is 1. The highest BCUT2D eigenvalue weighted by Gasteiger charge is 2.42. The maximum atomic E-state index is 5.82. The lowest BCUT2D eigenvalue weighted by Gasteiger charge is -2.28. The van der Waals surface area contributed by atoms with Crippen molar-refractivity contribution in [2.45, 2.75) is 45.7 Å². The van der Waals surface area contributed by atoms with Crippen molar-refractivity contribution in [3.8, 4) is 0 Å². The molecule has 1 aliphatic heterocycles. The molecule has 2 aromatic heterocycles. The molecular weight excluding hydrogens is 376 g/mol. The zero-order valence-electron chi connectivity index (χ0n) is 17.7. The first-order valence-electron chi connectivity index (χ1n) is 10.1. The predicted molar refractivity (Wildman–Crippen MR) is 123 cm³/mol. The summed E-state index contributed by atoms with van der Waals surface area (Å²) in [6.07, 6.45) is 1.85. The summed E-state index contributed by atoms with van der Waals surface area (Å²) >= 11 is 5.82. The van der Waals surface area contributed by atoms with E-state index in [-0.39, 0.29) is 12.1 Å². The average Bonchev–Trinajstić information content (AvgIpc) is 3.20. The number of pyridine rings is 1. The highest BCUT2D eigenvalue weighted by atomic mass is 32.1. The fourth-order valence-electron chi connectivity index (χ4n) is 4.15. The number of nitrogens with zero attached hydrogens (tertiary/aromatic N) is 3. The van der Waals surface area contributed by atoms with Gasteiger partial charge in [-0.2, -0.15) is 0 Å². The van der Waals surface area contributed by atoms with Crippen LogP contribution >= 0.6 is 12.2 Å². The van der Waals surface area contributed by atoms with Gasteiger partial charge in [-0.05, 0) is 73.4 Å². The van der Waals surface area contributed by atoms with E-state index in [0.29, 0.717) is 5.92 Å². The van der Waals surface area contributed by atoms with E-state index in [9.17, 15) is 0 Å². The van der Waals surface area contributed by atoms with Gasteiger partial charge < -0.3 is 14.8 Å². The van der Waals surface area contributed by atoms with E-state index >= 15 is 0 Å². The summed E-state index contributed by atoms with van der Waals surface area (Å²) in [5.74, 6) is 0.504. The Morgan fingerprint density at radius 1 is 1.07 bits per heavy atom. The van der Waals surface area contributed by atoms with Crippen molar-refractivity contribution >= 4 is 23.0 Å². The van der Waals surface area contributed by atoms with Gasteiger partial charge in [-0.3, -0.25) is 4.98 Å². The van der Waals surface area contributed by atoms with Crippen molar-refractivity contribution in [1.29, 1.82) is 0 Å². The van der Waals surface area contributed by atoms with Crippen molar-refractivity contribution in [1.82, 2.24) is 14.9 Å². The predicted octanol–water partition coefficient (Wildman–Crippen LogP) is 5.34. The van der Waals surface area contributed by atoms with Crippen LogP contribution < -0.4 is 10.2 Å². The molecule has 1 aliphatic rings. The number of aromatic nitrogens is 2. The van der Waals surface area contributed by atoms with E-state index in [0.717, 1.165) is 16.5 Å². The Kier molecular flexibility index (Phi) is 5.17. The Morgan fingerprint density at radius 3 is 2.34 bits per heavy atom. The standard InChI is InChI=1S/C24H28N4S/c1-15(2)18-9-11-19(12-10-18)28-23(20-14-16(3)27(5)17(20)4)22(26-24(28)29)21-8-6-7-13-25-21/h6-15,22-23H,1-5H3,(H,26,29)/t22-,23-/m0/s1. The SMILES string of the molecule is Cc1cc([C@H]2[C@H](c3ccccn3)NC(=S)N2c2ccc(C(C)C)cc2)c(C)n1C. The molecule has 4 nitrogen and oxygen atoms in total. The molecule has 0 saturated carbocycles. The van der Waals surface area contributed by atoms with Gasteiger partial charge in [0.05, 0.1) is 17.8 Å². The van der Waals surface area contributed by atoms with Crippen LogP contribution in [0.2, 0.25) is 0 Å². The Bertz CT molecular complexity index is 1020. The molecule has 0 radical (unpaired) electrons. The zero-order valence-corrected chi connectivity index (χ0v) is 18.5. The number of rotatable bonds is 4. The molecule has 5 heteroatoms. The third kappa shape index (κ3) is 3.44. The molecule has 0 aliphatic carbocycles. The summed E-state index contributed by atoms with van der Waals surface area (Å²) in [5, 5.41) is 4.29. The first kappa shape index (κ1) is 19.6. The number of thiocarbonyl (C=S) groups is 1. The van der Waals surface area contributed by atoms with Crippen molar-refractivity contribution in [2.24, 2.45) is 7.05 Å². The second-order valence-electron chi connectivity index (χ2n) is 8.13. The summed E-state index contributed by atoms with van der Waals surface area (Å²) in [5.41, 5.74) is 7.21. The average molecular weight is 405 g/mol. The summed E-state index contributed by atoms with van der Waals surface area (Å²) in [4.78, 5) is 6.89. The summed E-state index contributed by atoms with van der Waals surface area (Å²) in [6.45, 7) is 8.76. The first-order valence-corrected chi connectivity index (χ1v) is 10.5. The van der Waals surface area contributed by atoms with Crippen LogP contribution in [-0.4, -0.2) is 14.7 Å². The molecule has 3 heterocycles. The van der Waals surface area contributed by atoms with Crippen molar-refractivity contribution in [3.63, 3.8) is 0 Å². The minimum Gasteiger partial charge on any atom is -0.352 e. The van der Waals surface area contributed by atoms with Gasteiger partial charge in [0.25, 0.3) is 0 Å². The van der Waals surface area contributed by atoms with Gasteiger partial charge in [0.2, 0.25) is 0 Å². The Morgan fingerprint density at radius 2 is 1.79 bits per heavy atom. The molecule has 1 saturated heterocycles. The van der Waals surface area contributed by atoms with Gasteiger partial charge in [0.15, 0.2) is 5.11 Å². The topological polar surface area (TPSA) is 33.1 Å². The van der Waals surface area contributed by atoms with Crippen molar-refractivity contribution in [3.05, 3.63) is 82.9 Å². The molecule has 1 aromatic carbocycles. The summed E-state index contributed by atoms with van der Waals surface area (Å²) < 4.78 is 2.24. The number of hydrogen-bond acceptors (Lipinski definition) is 2. The molecule has 0 bridgehead atoms. The maximum Gasteiger partial charge on any atom is 0.174 e. The quantitative estimate of drug-likeness (QED) is 0.595. The molecule has 0 spiro atoms.